The van der Waals surface area contributed by atoms with Gasteiger partial charge in [-0.25, -0.2) is 4.39 Å². The van der Waals surface area contributed by atoms with Gasteiger partial charge in [0.2, 0.25) is 0 Å². The number of hydrogen-bond donors (Lipinski definition) is 1. The maximum atomic E-state index is 14.2. The van der Waals surface area contributed by atoms with Crippen molar-refractivity contribution < 1.29 is 34.4 Å². The molecule has 1 N–H and O–H groups in total. The van der Waals surface area contributed by atoms with Gasteiger partial charge in [-0.1, -0.05) is 91.8 Å². The van der Waals surface area contributed by atoms with Crippen molar-refractivity contribution in [3.63, 3.8) is 0 Å². The number of aryl methyl sites for hydroxylation is 2. The van der Waals surface area contributed by atoms with Crippen LogP contribution in [0.4, 0.5) is 4.39 Å². The van der Waals surface area contributed by atoms with E-state index in [0.29, 0.717) is 0 Å². The fraction of sp³-hybridized carbons (Fsp3) is 0.333. The summed E-state index contributed by atoms with van der Waals surface area (Å²) in [4.78, 5) is 16.9. The molecule has 0 saturated carbocycles. The van der Waals surface area contributed by atoms with E-state index in [0.717, 1.165) is 75.2 Å². The van der Waals surface area contributed by atoms with Crippen LogP contribution < -0.4 is 0 Å². The van der Waals surface area contributed by atoms with E-state index < -0.39 is 0 Å². The molecule has 0 amide bonds. The molecular formula is C42H47FIrNO2-. The first-order valence-corrected chi connectivity index (χ1v) is 16.4. The Morgan fingerprint density at radius 1 is 0.851 bits per heavy atom. The van der Waals surface area contributed by atoms with E-state index in [-0.39, 0.29) is 48.3 Å². The molecule has 249 valence electrons. The quantitative estimate of drug-likeness (QED) is 0.0698. The second-order valence-electron chi connectivity index (χ2n) is 12.9. The maximum absolute atomic E-state index is 14.2. The third kappa shape index (κ3) is 8.26. The molecule has 0 saturated heterocycles. The summed E-state index contributed by atoms with van der Waals surface area (Å²) in [5.74, 6) is 0.0474. The number of rotatable bonds is 9. The molecule has 0 fully saturated rings. The van der Waals surface area contributed by atoms with Gasteiger partial charge < -0.3 is 10.1 Å². The predicted octanol–water partition coefficient (Wildman–Crippen LogP) is 11.9. The normalized spacial score (nSPS) is 12.0. The van der Waals surface area contributed by atoms with Gasteiger partial charge in [0.25, 0.3) is 0 Å². The smallest absolute Gasteiger partial charge is 0.164 e. The number of benzene rings is 4. The van der Waals surface area contributed by atoms with Crippen molar-refractivity contribution in [1.82, 2.24) is 4.98 Å². The summed E-state index contributed by atoms with van der Waals surface area (Å²) in [7, 11) is 0. The van der Waals surface area contributed by atoms with E-state index in [1.165, 1.54) is 17.7 Å². The van der Waals surface area contributed by atoms with Crippen LogP contribution in [0, 0.1) is 36.6 Å². The molecule has 5 aromatic rings. The zero-order valence-corrected chi connectivity index (χ0v) is 31.3. The van der Waals surface area contributed by atoms with Crippen LogP contribution in [0.15, 0.2) is 90.8 Å². The Bertz CT molecular complexity index is 1850. The average Bonchev–Trinajstić information content (AvgIpc) is 3.06. The third-order valence-electron chi connectivity index (χ3n) is 9.91. The number of aromatic nitrogens is 1. The minimum absolute atomic E-state index is 0. The molecule has 1 aromatic heterocycles. The van der Waals surface area contributed by atoms with Crippen LogP contribution in [-0.4, -0.2) is 15.9 Å². The van der Waals surface area contributed by atoms with Crippen molar-refractivity contribution in [2.45, 2.75) is 81.1 Å². The maximum Gasteiger partial charge on any atom is 0.164 e. The molecule has 1 heterocycles. The molecule has 5 rings (SSSR count). The number of allylic oxidation sites excluding steroid dienone is 2. The Hall–Kier alpha value is -3.66. The van der Waals surface area contributed by atoms with Gasteiger partial charge in [0, 0.05) is 43.2 Å². The monoisotopic (exact) mass is 809 g/mol. The minimum atomic E-state index is -0.337. The summed E-state index contributed by atoms with van der Waals surface area (Å²) >= 11 is 0. The van der Waals surface area contributed by atoms with E-state index in [1.54, 1.807) is 6.07 Å². The van der Waals surface area contributed by atoms with E-state index in [9.17, 15) is 14.3 Å². The van der Waals surface area contributed by atoms with E-state index >= 15 is 0 Å². The minimum Gasteiger partial charge on any atom is -0.512 e. The van der Waals surface area contributed by atoms with Gasteiger partial charge in [-0.15, -0.1) is 34.9 Å². The topological polar surface area (TPSA) is 50.2 Å². The number of fused-ring (bicyclic) bond motifs is 3. The van der Waals surface area contributed by atoms with Gasteiger partial charge in [-0.05, 0) is 88.3 Å². The van der Waals surface area contributed by atoms with Crippen LogP contribution >= 0.6 is 0 Å². The van der Waals surface area contributed by atoms with Gasteiger partial charge in [-0.3, -0.25) is 4.79 Å². The molecule has 5 heteroatoms. The van der Waals surface area contributed by atoms with Gasteiger partial charge in [-0.2, -0.15) is 0 Å². The molecule has 4 aromatic carbocycles. The van der Waals surface area contributed by atoms with E-state index in [1.807, 2.05) is 85.0 Å². The van der Waals surface area contributed by atoms with Crippen LogP contribution in [0.5, 0.6) is 0 Å². The molecule has 0 atom stereocenters. The summed E-state index contributed by atoms with van der Waals surface area (Å²) in [5.41, 5.74) is 5.59. The summed E-state index contributed by atoms with van der Waals surface area (Å²) in [5, 5.41) is 14.1. The number of ketones is 1. The summed E-state index contributed by atoms with van der Waals surface area (Å²) < 4.78 is 14.2. The molecular weight excluding hydrogens is 762 g/mol. The number of hydrogen-bond acceptors (Lipinski definition) is 3. The van der Waals surface area contributed by atoms with E-state index in [4.69, 9.17) is 4.98 Å². The van der Waals surface area contributed by atoms with Crippen molar-refractivity contribution in [1.29, 1.82) is 0 Å². The molecule has 0 aliphatic heterocycles. The second kappa shape index (κ2) is 16.0. The average molecular weight is 809 g/mol. The van der Waals surface area contributed by atoms with Gasteiger partial charge in [0.05, 0.1) is 0 Å². The van der Waals surface area contributed by atoms with Crippen LogP contribution in [0.25, 0.3) is 43.9 Å². The van der Waals surface area contributed by atoms with Crippen molar-refractivity contribution in [3.8, 4) is 22.4 Å². The SMILES string of the molecule is CCC(C)(CC)C(=O)/C=C(\O)C(C)(CC)CC.Cc1[c-]c(-c2nccc3cc(-c4ccccc4)c4cc(F)ccc4c23)cc(C)c1.[Ir]. The number of halogens is 1. The number of pyridine rings is 1. The summed E-state index contributed by atoms with van der Waals surface area (Å²) in [6.07, 6.45) is 6.59. The first-order chi connectivity index (χ1) is 21.9. The zero-order chi connectivity index (χ0) is 33.6. The molecule has 0 aliphatic rings. The van der Waals surface area contributed by atoms with Crippen LogP contribution in [0.2, 0.25) is 0 Å². The standard InChI is InChI=1S/C27H19FN.C15H28O2.Ir/c1-17-12-18(2)14-21(13-17)27-26-20(10-11-29-27)15-24(19-6-4-3-5-7-19)25-16-22(28)8-9-23(25)26;1-7-14(5,8-2)12(16)11-13(17)15(6,9-3)10-4;/h3-13,15-16H,1-2H3;11,16H,7-10H2,1-6H3;/q-1;;/b;12-11-;. The van der Waals surface area contributed by atoms with Crippen molar-refractivity contribution in [2.24, 2.45) is 10.8 Å². The number of aliphatic hydroxyl groups excluding tert-OH is 1. The Kier molecular flexibility index (Phi) is 12.8. The first-order valence-electron chi connectivity index (χ1n) is 16.4. The van der Waals surface area contributed by atoms with E-state index in [2.05, 4.69) is 43.3 Å². The molecule has 0 aliphatic carbocycles. The van der Waals surface area contributed by atoms with Gasteiger partial charge in [0.15, 0.2) is 5.78 Å². The Morgan fingerprint density at radius 3 is 2.09 bits per heavy atom. The van der Waals surface area contributed by atoms with Crippen molar-refractivity contribution in [2.75, 3.05) is 0 Å². The van der Waals surface area contributed by atoms with Gasteiger partial charge >= 0.3 is 0 Å². The molecule has 3 nitrogen and oxygen atoms in total. The van der Waals surface area contributed by atoms with Crippen LogP contribution in [0.1, 0.15) is 78.4 Å². The van der Waals surface area contributed by atoms with Gasteiger partial charge in [0.1, 0.15) is 11.6 Å². The third-order valence-corrected chi connectivity index (χ3v) is 9.91. The first kappa shape index (κ1) is 37.8. The predicted molar refractivity (Wildman–Crippen MR) is 191 cm³/mol. The molecule has 47 heavy (non-hydrogen) atoms. The van der Waals surface area contributed by atoms with Crippen LogP contribution in [0.3, 0.4) is 0 Å². The Balaban J connectivity index is 0.000000290. The molecule has 0 bridgehead atoms. The zero-order valence-electron chi connectivity index (χ0n) is 28.9. The second-order valence-corrected chi connectivity index (χ2v) is 12.9. The summed E-state index contributed by atoms with van der Waals surface area (Å²) in [6, 6.07) is 27.0. The number of nitrogens with zero attached hydrogens (tertiary/aromatic N) is 1. The number of carbonyl (C=O) groups excluding carboxylic acids is 1. The summed E-state index contributed by atoms with van der Waals surface area (Å²) in [6.45, 7) is 16.2. The Labute approximate surface area is 293 Å². The molecule has 0 unspecified atom stereocenters. The number of carbonyl (C=O) groups is 1. The molecule has 0 spiro atoms. The van der Waals surface area contributed by atoms with Crippen molar-refractivity contribution in [3.05, 3.63) is 114 Å². The largest absolute Gasteiger partial charge is 0.512 e. The Morgan fingerprint density at radius 2 is 1.49 bits per heavy atom. The number of aliphatic hydroxyl groups is 1. The molecule has 1 radical (unpaired) electrons. The van der Waals surface area contributed by atoms with Crippen LogP contribution in [-0.2, 0) is 24.9 Å². The fourth-order valence-electron chi connectivity index (χ4n) is 5.84. The fourth-order valence-corrected chi connectivity index (χ4v) is 5.84. The van der Waals surface area contributed by atoms with Crippen molar-refractivity contribution >= 4 is 27.3 Å².